The van der Waals surface area contributed by atoms with E-state index < -0.39 is 0 Å². The van der Waals surface area contributed by atoms with Crippen LogP contribution in [0.15, 0.2) is 29.3 Å². The second-order valence-electron chi connectivity index (χ2n) is 5.81. The normalized spacial score (nSPS) is 12.3. The fourth-order valence-corrected chi connectivity index (χ4v) is 5.48. The molecular formula is C19H19ClN2O2S2. The third-order valence-electron chi connectivity index (χ3n) is 3.96. The second kappa shape index (κ2) is 7.94. The first-order chi connectivity index (χ1) is 12.4. The molecule has 0 saturated carbocycles. The molecule has 0 unspecified atom stereocenters. The Kier molecular flexibility index (Phi) is 5.85. The van der Waals surface area contributed by atoms with Crippen LogP contribution in [-0.2, 0) is 4.74 Å². The van der Waals surface area contributed by atoms with Crippen molar-refractivity contribution < 1.29 is 9.53 Å². The molecule has 0 aliphatic carbocycles. The highest BCUT2D eigenvalue weighted by atomic mass is 35.5. The first-order valence-electron chi connectivity index (χ1n) is 8.28. The topological polar surface area (TPSA) is 52.1 Å². The van der Waals surface area contributed by atoms with Crippen molar-refractivity contribution in [3.05, 3.63) is 51.1 Å². The summed E-state index contributed by atoms with van der Waals surface area (Å²) in [4.78, 5) is 22.8. The molecule has 0 saturated heterocycles. The zero-order valence-corrected chi connectivity index (χ0v) is 17.4. The molecule has 7 heteroatoms. The van der Waals surface area contributed by atoms with Crippen LogP contribution in [0.3, 0.4) is 0 Å². The quantitative estimate of drug-likeness (QED) is 0.296. The van der Waals surface area contributed by atoms with E-state index in [-0.39, 0.29) is 11.2 Å². The molecule has 0 radical (unpaired) electrons. The lowest BCUT2D eigenvalue weighted by atomic mass is 10.2. The Hall–Kier alpha value is -1.63. The second-order valence-corrected chi connectivity index (χ2v) is 8.55. The summed E-state index contributed by atoms with van der Waals surface area (Å²) in [6.07, 6.45) is 0. The van der Waals surface area contributed by atoms with Crippen LogP contribution in [0.25, 0.3) is 10.2 Å². The molecule has 1 atom stereocenters. The predicted molar refractivity (Wildman–Crippen MR) is 109 cm³/mol. The average Bonchev–Trinajstić information content (AvgIpc) is 2.92. The Balaban J connectivity index is 2.05. The van der Waals surface area contributed by atoms with Crippen LogP contribution in [0.4, 0.5) is 0 Å². The summed E-state index contributed by atoms with van der Waals surface area (Å²) < 4.78 is 5.17. The van der Waals surface area contributed by atoms with E-state index in [1.165, 1.54) is 11.3 Å². The van der Waals surface area contributed by atoms with Crippen LogP contribution in [-0.4, -0.2) is 22.5 Å². The van der Waals surface area contributed by atoms with E-state index in [1.807, 2.05) is 38.1 Å². The lowest BCUT2D eigenvalue weighted by Crippen LogP contribution is -2.03. The number of aromatic nitrogens is 2. The van der Waals surface area contributed by atoms with Crippen molar-refractivity contribution in [2.45, 2.75) is 38.0 Å². The zero-order valence-electron chi connectivity index (χ0n) is 15.0. The van der Waals surface area contributed by atoms with Crippen molar-refractivity contribution in [3.63, 3.8) is 0 Å². The first kappa shape index (κ1) is 19.1. The third-order valence-corrected chi connectivity index (χ3v) is 6.60. The fourth-order valence-electron chi connectivity index (χ4n) is 2.72. The van der Waals surface area contributed by atoms with Gasteiger partial charge in [0.15, 0.2) is 0 Å². The van der Waals surface area contributed by atoms with Gasteiger partial charge >= 0.3 is 5.97 Å². The van der Waals surface area contributed by atoms with Crippen molar-refractivity contribution in [3.8, 4) is 0 Å². The largest absolute Gasteiger partial charge is 0.462 e. The van der Waals surface area contributed by atoms with Gasteiger partial charge in [0.25, 0.3) is 0 Å². The van der Waals surface area contributed by atoms with Crippen LogP contribution in [0, 0.1) is 13.8 Å². The number of thiophene rings is 1. The highest BCUT2D eigenvalue weighted by Gasteiger charge is 2.22. The number of aryl methyl sites for hydroxylation is 2. The van der Waals surface area contributed by atoms with Gasteiger partial charge in [-0.2, -0.15) is 0 Å². The van der Waals surface area contributed by atoms with E-state index in [4.69, 9.17) is 16.3 Å². The van der Waals surface area contributed by atoms with Gasteiger partial charge in [0.2, 0.25) is 0 Å². The Morgan fingerprint density at radius 1 is 1.31 bits per heavy atom. The summed E-state index contributed by atoms with van der Waals surface area (Å²) in [5, 5.41) is 2.65. The van der Waals surface area contributed by atoms with Crippen LogP contribution in [0.5, 0.6) is 0 Å². The van der Waals surface area contributed by atoms with Crippen molar-refractivity contribution >= 4 is 50.9 Å². The molecule has 0 N–H and O–H groups in total. The number of halogens is 1. The van der Waals surface area contributed by atoms with E-state index in [0.29, 0.717) is 17.3 Å². The number of hydrogen-bond acceptors (Lipinski definition) is 6. The Morgan fingerprint density at radius 3 is 2.73 bits per heavy atom. The van der Waals surface area contributed by atoms with Crippen LogP contribution in [0.1, 0.15) is 45.7 Å². The average molecular weight is 407 g/mol. The minimum absolute atomic E-state index is 0.117. The molecule has 0 amide bonds. The molecule has 0 aliphatic heterocycles. The third kappa shape index (κ3) is 3.72. The van der Waals surface area contributed by atoms with Gasteiger partial charge in [-0.15, -0.1) is 11.3 Å². The molecule has 1 aromatic carbocycles. The highest BCUT2D eigenvalue weighted by molar-refractivity contribution is 7.99. The number of nitrogens with zero attached hydrogens (tertiary/aromatic N) is 2. The maximum Gasteiger partial charge on any atom is 0.348 e. The van der Waals surface area contributed by atoms with E-state index >= 15 is 0 Å². The maximum atomic E-state index is 12.2. The number of carbonyl (C=O) groups excluding carboxylic acids is 1. The molecular weight excluding hydrogens is 388 g/mol. The summed E-state index contributed by atoms with van der Waals surface area (Å²) in [5.41, 5.74) is 1.93. The van der Waals surface area contributed by atoms with Gasteiger partial charge in [-0.05, 0) is 44.9 Å². The molecule has 3 aromatic rings. The number of rotatable bonds is 5. The molecule has 0 bridgehead atoms. The molecule has 26 heavy (non-hydrogen) atoms. The van der Waals surface area contributed by atoms with Gasteiger partial charge in [-0.1, -0.05) is 41.6 Å². The van der Waals surface area contributed by atoms with Gasteiger partial charge in [0.05, 0.1) is 6.61 Å². The van der Waals surface area contributed by atoms with Gasteiger partial charge in [-0.25, -0.2) is 14.8 Å². The van der Waals surface area contributed by atoms with E-state index in [0.717, 1.165) is 31.4 Å². The number of benzene rings is 1. The Labute approximate surface area is 166 Å². The van der Waals surface area contributed by atoms with Crippen molar-refractivity contribution in [2.24, 2.45) is 0 Å². The van der Waals surface area contributed by atoms with Gasteiger partial charge in [0.1, 0.15) is 20.6 Å². The van der Waals surface area contributed by atoms with Crippen molar-refractivity contribution in [1.82, 2.24) is 9.97 Å². The molecule has 0 aliphatic rings. The highest BCUT2D eigenvalue weighted by Crippen LogP contribution is 2.42. The lowest BCUT2D eigenvalue weighted by Gasteiger charge is -2.14. The molecule has 0 spiro atoms. The molecule has 4 nitrogen and oxygen atoms in total. The number of ether oxygens (including phenoxy) is 1. The maximum absolute atomic E-state index is 12.2. The number of hydrogen-bond donors (Lipinski definition) is 0. The fraction of sp³-hybridized carbons (Fsp3) is 0.316. The number of thioether (sulfide) groups is 1. The Bertz CT molecular complexity index is 972. The monoisotopic (exact) mass is 406 g/mol. The molecule has 2 heterocycles. The molecule has 136 valence electrons. The minimum atomic E-state index is -0.305. The summed E-state index contributed by atoms with van der Waals surface area (Å²) >= 11 is 9.33. The summed E-state index contributed by atoms with van der Waals surface area (Å²) in [5.74, 6) is 0.378. The van der Waals surface area contributed by atoms with Crippen LogP contribution in [0.2, 0.25) is 5.02 Å². The van der Waals surface area contributed by atoms with E-state index in [2.05, 4.69) is 16.9 Å². The first-order valence-corrected chi connectivity index (χ1v) is 10.4. The van der Waals surface area contributed by atoms with Gasteiger partial charge in [0, 0.05) is 15.7 Å². The van der Waals surface area contributed by atoms with Gasteiger partial charge < -0.3 is 4.74 Å². The van der Waals surface area contributed by atoms with E-state index in [1.54, 1.807) is 18.7 Å². The van der Waals surface area contributed by atoms with E-state index in [9.17, 15) is 4.79 Å². The van der Waals surface area contributed by atoms with Crippen LogP contribution < -0.4 is 0 Å². The summed E-state index contributed by atoms with van der Waals surface area (Å²) in [6.45, 7) is 8.04. The Morgan fingerprint density at radius 2 is 2.04 bits per heavy atom. The van der Waals surface area contributed by atoms with Crippen molar-refractivity contribution in [1.29, 1.82) is 0 Å². The SMILES string of the molecule is CCOC(=O)c1sc2nc(C)nc(S[C@@H](C)c3ccccc3Cl)c2c1C. The smallest absolute Gasteiger partial charge is 0.348 e. The summed E-state index contributed by atoms with van der Waals surface area (Å²) in [6, 6.07) is 7.82. The summed E-state index contributed by atoms with van der Waals surface area (Å²) in [7, 11) is 0. The number of esters is 1. The molecule has 0 fully saturated rings. The minimum Gasteiger partial charge on any atom is -0.462 e. The lowest BCUT2D eigenvalue weighted by molar-refractivity contribution is 0.0531. The van der Waals surface area contributed by atoms with Crippen LogP contribution >= 0.6 is 34.7 Å². The van der Waals surface area contributed by atoms with Crippen molar-refractivity contribution in [2.75, 3.05) is 6.61 Å². The molecule has 3 rings (SSSR count). The number of carbonyl (C=O) groups is 1. The number of fused-ring (bicyclic) bond motifs is 1. The standard InChI is InChI=1S/C19H19ClN2O2S2/c1-5-24-19(23)16-10(2)15-17(21-12(4)22-18(15)26-16)25-11(3)13-8-6-7-9-14(13)20/h6-9,11H,5H2,1-4H3/t11-/m0/s1. The molecule has 2 aromatic heterocycles. The van der Waals surface area contributed by atoms with Gasteiger partial charge in [-0.3, -0.25) is 0 Å². The predicted octanol–water partition coefficient (Wildman–Crippen LogP) is 5.99. The zero-order chi connectivity index (χ0) is 18.8.